The van der Waals surface area contributed by atoms with Crippen LogP contribution in [0.15, 0.2) is 47.8 Å². The minimum Gasteiger partial charge on any atom is -0.393 e. The number of allylic oxidation sites excluding steroid dienone is 2. The highest BCUT2D eigenvalue weighted by molar-refractivity contribution is 6.05. The van der Waals surface area contributed by atoms with Gasteiger partial charge >= 0.3 is 0 Å². The molecule has 8 heteroatoms. The molecule has 4 aliphatic rings. The van der Waals surface area contributed by atoms with Crippen LogP contribution in [-0.2, 0) is 4.79 Å². The van der Waals surface area contributed by atoms with Crippen LogP contribution in [0.1, 0.15) is 51.9 Å². The monoisotopic (exact) mass is 487 g/mol. The molecule has 2 fully saturated rings. The van der Waals surface area contributed by atoms with E-state index in [2.05, 4.69) is 15.6 Å². The van der Waals surface area contributed by atoms with Gasteiger partial charge in [-0.15, -0.1) is 0 Å². The number of nitrogens with one attached hydrogen (secondary N) is 2. The second-order valence-corrected chi connectivity index (χ2v) is 10.8. The van der Waals surface area contributed by atoms with Crippen LogP contribution < -0.4 is 10.6 Å². The van der Waals surface area contributed by atoms with Crippen molar-refractivity contribution < 1.29 is 24.5 Å². The number of aliphatic hydroxyl groups excluding tert-OH is 2. The zero-order valence-corrected chi connectivity index (χ0v) is 20.8. The average Bonchev–Trinajstić information content (AvgIpc) is 3.14. The third-order valence-electron chi connectivity index (χ3n) is 8.63. The van der Waals surface area contributed by atoms with Gasteiger partial charge in [-0.3, -0.25) is 9.78 Å². The van der Waals surface area contributed by atoms with Gasteiger partial charge in [0.1, 0.15) is 11.8 Å². The lowest BCUT2D eigenvalue weighted by Crippen LogP contribution is -2.56. The SMILES string of the molecule is CC12CC=C3C(O)C4(F)CC(O)CCC4CC[C@]3(O)C1CC=C2C(=O)Nc1cccnc1.CNC. The van der Waals surface area contributed by atoms with Crippen molar-refractivity contribution in [2.75, 3.05) is 19.4 Å². The fraction of sp³-hybridized carbons (Fsp3) is 0.630. The molecule has 0 radical (unpaired) electrons. The molecule has 7 nitrogen and oxygen atoms in total. The van der Waals surface area contributed by atoms with Gasteiger partial charge in [-0.2, -0.15) is 0 Å². The maximum absolute atomic E-state index is 16.1. The summed E-state index contributed by atoms with van der Waals surface area (Å²) in [6.07, 6.45) is 7.23. The number of amides is 1. The van der Waals surface area contributed by atoms with E-state index in [4.69, 9.17) is 0 Å². The summed E-state index contributed by atoms with van der Waals surface area (Å²) in [5, 5.41) is 38.9. The van der Waals surface area contributed by atoms with Gasteiger partial charge in [-0.25, -0.2) is 4.39 Å². The molecule has 4 aliphatic carbocycles. The molecule has 2 saturated carbocycles. The normalized spacial score (nSPS) is 40.0. The van der Waals surface area contributed by atoms with Gasteiger partial charge in [0.25, 0.3) is 5.91 Å². The number of pyridine rings is 1. The smallest absolute Gasteiger partial charge is 0.251 e. The number of aliphatic hydroxyl groups is 3. The first-order valence-corrected chi connectivity index (χ1v) is 12.6. The van der Waals surface area contributed by atoms with Gasteiger partial charge in [0.2, 0.25) is 0 Å². The lowest BCUT2D eigenvalue weighted by Gasteiger charge is -2.50. The van der Waals surface area contributed by atoms with Crippen LogP contribution in [0.2, 0.25) is 0 Å². The first-order valence-electron chi connectivity index (χ1n) is 12.6. The Labute approximate surface area is 206 Å². The number of anilines is 1. The van der Waals surface area contributed by atoms with Crippen LogP contribution in [0.3, 0.4) is 0 Å². The van der Waals surface area contributed by atoms with Crippen molar-refractivity contribution >= 4 is 11.6 Å². The van der Waals surface area contributed by atoms with Gasteiger partial charge in [-0.1, -0.05) is 19.1 Å². The lowest BCUT2D eigenvalue weighted by atomic mass is 9.58. The Morgan fingerprint density at radius 1 is 1.20 bits per heavy atom. The van der Waals surface area contributed by atoms with E-state index in [1.807, 2.05) is 27.1 Å². The second-order valence-electron chi connectivity index (χ2n) is 10.8. The molecule has 35 heavy (non-hydrogen) atoms. The molecule has 0 bridgehead atoms. The van der Waals surface area contributed by atoms with E-state index >= 15 is 4.39 Å². The average molecular weight is 488 g/mol. The number of carbonyl (C=O) groups is 1. The maximum atomic E-state index is 16.1. The van der Waals surface area contributed by atoms with E-state index in [0.717, 1.165) is 0 Å². The molecule has 6 unspecified atom stereocenters. The minimum atomic E-state index is -1.94. The fourth-order valence-corrected chi connectivity index (χ4v) is 6.88. The minimum absolute atomic E-state index is 0.106. The summed E-state index contributed by atoms with van der Waals surface area (Å²) in [6, 6.07) is 3.52. The number of halogens is 1. The highest BCUT2D eigenvalue weighted by atomic mass is 19.1. The fourth-order valence-electron chi connectivity index (χ4n) is 6.88. The summed E-state index contributed by atoms with van der Waals surface area (Å²) in [4.78, 5) is 17.1. The highest BCUT2D eigenvalue weighted by Crippen LogP contribution is 2.61. The summed E-state index contributed by atoms with van der Waals surface area (Å²) in [7, 11) is 3.75. The third-order valence-corrected chi connectivity index (χ3v) is 8.63. The van der Waals surface area contributed by atoms with Crippen LogP contribution in [0.25, 0.3) is 0 Å². The van der Waals surface area contributed by atoms with E-state index in [-0.39, 0.29) is 18.2 Å². The predicted molar refractivity (Wildman–Crippen MR) is 132 cm³/mol. The van der Waals surface area contributed by atoms with E-state index in [1.54, 1.807) is 30.6 Å². The van der Waals surface area contributed by atoms with E-state index in [9.17, 15) is 20.1 Å². The topological polar surface area (TPSA) is 115 Å². The van der Waals surface area contributed by atoms with E-state index in [1.165, 1.54) is 0 Å². The summed E-state index contributed by atoms with van der Waals surface area (Å²) >= 11 is 0. The Hall–Kier alpha value is -2.13. The number of hydrogen-bond donors (Lipinski definition) is 5. The Morgan fingerprint density at radius 3 is 2.63 bits per heavy atom. The number of rotatable bonds is 2. The first-order chi connectivity index (χ1) is 16.6. The molecule has 192 valence electrons. The van der Waals surface area contributed by atoms with Gasteiger partial charge in [0.05, 0.1) is 23.6 Å². The van der Waals surface area contributed by atoms with Gasteiger partial charge in [0.15, 0.2) is 0 Å². The molecule has 5 rings (SSSR count). The van der Waals surface area contributed by atoms with Crippen molar-refractivity contribution in [1.82, 2.24) is 10.3 Å². The molecule has 1 heterocycles. The Bertz CT molecular complexity index is 1000. The largest absolute Gasteiger partial charge is 0.393 e. The van der Waals surface area contributed by atoms with E-state index < -0.39 is 34.8 Å². The maximum Gasteiger partial charge on any atom is 0.251 e. The summed E-state index contributed by atoms with van der Waals surface area (Å²) in [6.45, 7) is 1.98. The highest BCUT2D eigenvalue weighted by Gasteiger charge is 2.63. The van der Waals surface area contributed by atoms with Crippen LogP contribution in [0, 0.1) is 17.3 Å². The number of nitrogens with zero attached hydrogens (tertiary/aromatic N) is 1. The van der Waals surface area contributed by atoms with Crippen molar-refractivity contribution in [3.63, 3.8) is 0 Å². The molecule has 0 saturated heterocycles. The van der Waals surface area contributed by atoms with Crippen LogP contribution >= 0.6 is 0 Å². The Balaban J connectivity index is 0.000000917. The predicted octanol–water partition coefficient (Wildman–Crippen LogP) is 2.89. The molecule has 7 atom stereocenters. The van der Waals surface area contributed by atoms with Crippen molar-refractivity contribution in [1.29, 1.82) is 0 Å². The quantitative estimate of drug-likeness (QED) is 0.410. The summed E-state index contributed by atoms with van der Waals surface area (Å²) in [5.41, 5.74) is -2.40. The molecule has 0 aromatic carbocycles. The standard InChI is InChI=1S/C25H31FN2O4.C2H7N/c1-23-10-9-18-21(30)24(26)13-17(29)5-4-15(24)8-11-25(18,32)20(23)7-6-19(23)22(31)28-16-3-2-12-27-14-16;1-3-2/h2-3,6,9,12,14-15,17,20-21,29-30,32H,4-5,7-8,10-11,13H2,1H3,(H,28,31);3H,1-2H3/t15?,17?,20?,21?,23?,24?,25-;/m1./s1. The molecule has 1 aromatic rings. The Kier molecular flexibility index (Phi) is 7.21. The molecule has 1 amide bonds. The lowest BCUT2D eigenvalue weighted by molar-refractivity contribution is -0.115. The number of carbonyl (C=O) groups excluding carboxylic acids is 1. The number of fused-ring (bicyclic) bond motifs is 4. The summed E-state index contributed by atoms with van der Waals surface area (Å²) in [5.74, 6) is -0.949. The van der Waals surface area contributed by atoms with Gasteiger partial charge in [0, 0.05) is 29.5 Å². The second kappa shape index (κ2) is 9.73. The van der Waals surface area contributed by atoms with Crippen LogP contribution in [0.4, 0.5) is 10.1 Å². The molecular formula is C27H38FN3O4. The van der Waals surface area contributed by atoms with Crippen LogP contribution in [-0.4, -0.2) is 63.8 Å². The number of hydrogen-bond acceptors (Lipinski definition) is 6. The van der Waals surface area contributed by atoms with Gasteiger partial charge < -0.3 is 26.0 Å². The molecule has 5 N–H and O–H groups in total. The first kappa shape index (κ1) is 25.9. The van der Waals surface area contributed by atoms with Gasteiger partial charge in [-0.05, 0) is 76.2 Å². The molecule has 1 aromatic heterocycles. The molecule has 0 spiro atoms. The zero-order valence-electron chi connectivity index (χ0n) is 20.8. The van der Waals surface area contributed by atoms with Crippen molar-refractivity contribution in [3.05, 3.63) is 47.8 Å². The van der Waals surface area contributed by atoms with Crippen LogP contribution in [0.5, 0.6) is 0 Å². The third kappa shape index (κ3) is 4.35. The summed E-state index contributed by atoms with van der Waals surface area (Å²) < 4.78 is 16.1. The van der Waals surface area contributed by atoms with Crippen molar-refractivity contribution in [2.45, 2.75) is 75.3 Å². The van der Waals surface area contributed by atoms with E-state index in [0.29, 0.717) is 55.4 Å². The number of aromatic nitrogens is 1. The zero-order chi connectivity index (χ0) is 25.4. The number of alkyl halides is 1. The molecule has 0 aliphatic heterocycles. The van der Waals surface area contributed by atoms with Crippen molar-refractivity contribution in [3.8, 4) is 0 Å². The Morgan fingerprint density at radius 2 is 1.94 bits per heavy atom. The molecular weight excluding hydrogens is 449 g/mol. The van der Waals surface area contributed by atoms with Crippen molar-refractivity contribution in [2.24, 2.45) is 17.3 Å².